The van der Waals surface area contributed by atoms with Gasteiger partial charge in [0.1, 0.15) is 34.2 Å². The van der Waals surface area contributed by atoms with Gasteiger partial charge < -0.3 is 10.4 Å². The zero-order valence-corrected chi connectivity index (χ0v) is 13.2. The minimum atomic E-state index is -1.31. The van der Waals surface area contributed by atoms with Gasteiger partial charge in [-0.15, -0.1) is 11.3 Å². The molecule has 0 radical (unpaired) electrons. The van der Waals surface area contributed by atoms with E-state index in [0.29, 0.717) is 18.1 Å². The molecule has 0 bridgehead atoms. The van der Waals surface area contributed by atoms with Gasteiger partial charge >= 0.3 is 0 Å². The number of aliphatic hydroxyl groups is 1. The van der Waals surface area contributed by atoms with Crippen molar-refractivity contribution in [1.29, 1.82) is 0 Å². The average Bonchev–Trinajstić information content (AvgIpc) is 3.00. The van der Waals surface area contributed by atoms with Crippen molar-refractivity contribution in [3.8, 4) is 0 Å². The SMILES string of the molecule is CCc1nc(NCC(O)c2c(F)cccc2F)c2ccsc2n1. The Bertz CT molecular complexity index is 817. The molecule has 0 amide bonds. The molecule has 1 unspecified atom stereocenters. The quantitative estimate of drug-likeness (QED) is 0.747. The summed E-state index contributed by atoms with van der Waals surface area (Å²) in [5, 5.41) is 15.8. The largest absolute Gasteiger partial charge is 0.386 e. The van der Waals surface area contributed by atoms with E-state index in [4.69, 9.17) is 0 Å². The maximum atomic E-state index is 13.7. The third-order valence-corrected chi connectivity index (χ3v) is 4.29. The number of benzene rings is 1. The van der Waals surface area contributed by atoms with Gasteiger partial charge in [0, 0.05) is 13.0 Å². The number of halogens is 2. The van der Waals surface area contributed by atoms with Crippen LogP contribution in [0.1, 0.15) is 24.4 Å². The van der Waals surface area contributed by atoms with Crippen LogP contribution in [-0.2, 0) is 6.42 Å². The van der Waals surface area contributed by atoms with E-state index in [1.54, 1.807) is 0 Å². The van der Waals surface area contributed by atoms with Gasteiger partial charge in [-0.05, 0) is 23.6 Å². The lowest BCUT2D eigenvalue weighted by Gasteiger charge is -2.15. The van der Waals surface area contributed by atoms with Crippen molar-refractivity contribution in [3.63, 3.8) is 0 Å². The van der Waals surface area contributed by atoms with Crippen LogP contribution >= 0.6 is 11.3 Å². The Morgan fingerprint density at radius 3 is 2.65 bits per heavy atom. The highest BCUT2D eigenvalue weighted by atomic mass is 32.1. The number of hydrogen-bond donors (Lipinski definition) is 2. The standard InChI is InChI=1S/C16H15F2N3OS/c1-2-13-20-15(9-6-7-23-16(9)21-13)19-8-12(22)14-10(17)4-3-5-11(14)18/h3-7,12,22H,2,8H2,1H3,(H,19,20,21). The summed E-state index contributed by atoms with van der Waals surface area (Å²) in [6.45, 7) is 1.89. The van der Waals surface area contributed by atoms with Crippen LogP contribution in [0.4, 0.5) is 14.6 Å². The normalized spacial score (nSPS) is 12.5. The Labute approximate surface area is 135 Å². The minimum absolute atomic E-state index is 0.0526. The van der Waals surface area contributed by atoms with Crippen LogP contribution in [0.25, 0.3) is 10.2 Å². The van der Waals surface area contributed by atoms with Crippen molar-refractivity contribution in [3.05, 3.63) is 52.7 Å². The van der Waals surface area contributed by atoms with Gasteiger partial charge in [0.15, 0.2) is 0 Å². The zero-order chi connectivity index (χ0) is 16.4. The van der Waals surface area contributed by atoms with Crippen molar-refractivity contribution in [2.45, 2.75) is 19.4 Å². The van der Waals surface area contributed by atoms with Gasteiger partial charge in [0.2, 0.25) is 0 Å². The molecule has 0 aliphatic carbocycles. The summed E-state index contributed by atoms with van der Waals surface area (Å²) < 4.78 is 27.4. The smallest absolute Gasteiger partial charge is 0.138 e. The molecule has 7 heteroatoms. The number of anilines is 1. The van der Waals surface area contributed by atoms with Crippen molar-refractivity contribution < 1.29 is 13.9 Å². The average molecular weight is 335 g/mol. The molecule has 0 spiro atoms. The molecule has 2 aromatic heterocycles. The molecule has 1 atom stereocenters. The third kappa shape index (κ3) is 3.16. The molecule has 0 aliphatic rings. The van der Waals surface area contributed by atoms with E-state index in [-0.39, 0.29) is 12.1 Å². The molecule has 0 saturated carbocycles. The number of nitrogens with one attached hydrogen (secondary N) is 1. The number of aryl methyl sites for hydroxylation is 1. The number of nitrogens with zero attached hydrogens (tertiary/aromatic N) is 2. The van der Waals surface area contributed by atoms with Crippen molar-refractivity contribution in [2.24, 2.45) is 0 Å². The van der Waals surface area contributed by atoms with Crippen LogP contribution in [0.2, 0.25) is 0 Å². The molecule has 4 nitrogen and oxygen atoms in total. The fourth-order valence-electron chi connectivity index (χ4n) is 2.32. The minimum Gasteiger partial charge on any atom is -0.386 e. The maximum absolute atomic E-state index is 13.7. The van der Waals surface area contributed by atoms with Crippen molar-refractivity contribution >= 4 is 27.4 Å². The molecule has 0 aliphatic heterocycles. The summed E-state index contributed by atoms with van der Waals surface area (Å²) in [7, 11) is 0. The monoisotopic (exact) mass is 335 g/mol. The van der Waals surface area contributed by atoms with Crippen LogP contribution in [0.5, 0.6) is 0 Å². The highest BCUT2D eigenvalue weighted by Gasteiger charge is 2.18. The first kappa shape index (κ1) is 15.8. The molecule has 23 heavy (non-hydrogen) atoms. The van der Waals surface area contributed by atoms with E-state index in [1.165, 1.54) is 17.4 Å². The fraction of sp³-hybridized carbons (Fsp3) is 0.250. The predicted molar refractivity (Wildman–Crippen MR) is 86.6 cm³/mol. The van der Waals surface area contributed by atoms with Gasteiger partial charge in [-0.25, -0.2) is 18.7 Å². The molecule has 0 fully saturated rings. The second kappa shape index (κ2) is 6.55. The summed E-state index contributed by atoms with van der Waals surface area (Å²) in [5.41, 5.74) is -0.341. The van der Waals surface area contributed by atoms with E-state index >= 15 is 0 Å². The Balaban J connectivity index is 1.84. The van der Waals surface area contributed by atoms with E-state index in [2.05, 4.69) is 15.3 Å². The summed E-state index contributed by atoms with van der Waals surface area (Å²) in [6.07, 6.45) is -0.641. The lowest BCUT2D eigenvalue weighted by molar-refractivity contribution is 0.181. The lowest BCUT2D eigenvalue weighted by Crippen LogP contribution is -2.16. The first-order valence-electron chi connectivity index (χ1n) is 7.20. The highest BCUT2D eigenvalue weighted by molar-refractivity contribution is 7.16. The van der Waals surface area contributed by atoms with Crippen LogP contribution in [0.15, 0.2) is 29.6 Å². The first-order valence-corrected chi connectivity index (χ1v) is 8.08. The molecule has 3 rings (SSSR count). The maximum Gasteiger partial charge on any atom is 0.138 e. The van der Waals surface area contributed by atoms with Gasteiger partial charge in [-0.1, -0.05) is 13.0 Å². The van der Waals surface area contributed by atoms with Crippen LogP contribution in [0, 0.1) is 11.6 Å². The number of fused-ring (bicyclic) bond motifs is 1. The number of aliphatic hydroxyl groups excluding tert-OH is 1. The topological polar surface area (TPSA) is 58.0 Å². The summed E-state index contributed by atoms with van der Waals surface area (Å²) >= 11 is 1.49. The fourth-order valence-corrected chi connectivity index (χ4v) is 3.10. The van der Waals surface area contributed by atoms with E-state index < -0.39 is 17.7 Å². The molecule has 2 N–H and O–H groups in total. The van der Waals surface area contributed by atoms with Crippen molar-refractivity contribution in [1.82, 2.24) is 9.97 Å². The highest BCUT2D eigenvalue weighted by Crippen LogP contribution is 2.26. The second-order valence-corrected chi connectivity index (χ2v) is 5.91. The zero-order valence-electron chi connectivity index (χ0n) is 12.4. The summed E-state index contributed by atoms with van der Waals surface area (Å²) in [4.78, 5) is 9.64. The Morgan fingerprint density at radius 2 is 1.96 bits per heavy atom. The lowest BCUT2D eigenvalue weighted by atomic mass is 10.1. The van der Waals surface area contributed by atoms with Gasteiger partial charge in [0.25, 0.3) is 0 Å². The third-order valence-electron chi connectivity index (χ3n) is 3.48. The van der Waals surface area contributed by atoms with Crippen molar-refractivity contribution in [2.75, 3.05) is 11.9 Å². The molecular weight excluding hydrogens is 320 g/mol. The molecular formula is C16H15F2N3OS. The van der Waals surface area contributed by atoms with Gasteiger partial charge in [0.05, 0.1) is 10.9 Å². The van der Waals surface area contributed by atoms with Crippen LogP contribution < -0.4 is 5.32 Å². The number of hydrogen-bond acceptors (Lipinski definition) is 5. The van der Waals surface area contributed by atoms with Gasteiger partial charge in [-0.2, -0.15) is 0 Å². The summed E-state index contributed by atoms with van der Waals surface area (Å²) in [5.74, 6) is -0.299. The number of rotatable bonds is 5. The van der Waals surface area contributed by atoms with Gasteiger partial charge in [-0.3, -0.25) is 0 Å². The first-order chi connectivity index (χ1) is 11.1. The molecule has 2 heterocycles. The predicted octanol–water partition coefficient (Wildman–Crippen LogP) is 3.68. The Kier molecular flexibility index (Phi) is 4.49. The Morgan fingerprint density at radius 1 is 1.22 bits per heavy atom. The van der Waals surface area contributed by atoms with Crippen LogP contribution in [-0.4, -0.2) is 21.6 Å². The van der Waals surface area contributed by atoms with E-state index in [1.807, 2.05) is 18.4 Å². The molecule has 1 aromatic carbocycles. The van der Waals surface area contributed by atoms with E-state index in [9.17, 15) is 13.9 Å². The molecule has 120 valence electrons. The summed E-state index contributed by atoms with van der Waals surface area (Å²) in [6, 6.07) is 5.39. The van der Waals surface area contributed by atoms with E-state index in [0.717, 1.165) is 22.3 Å². The number of thiophene rings is 1. The number of aromatic nitrogens is 2. The second-order valence-electron chi connectivity index (χ2n) is 5.01. The van der Waals surface area contributed by atoms with Crippen LogP contribution in [0.3, 0.4) is 0 Å². The Hall–Kier alpha value is -2.12. The molecule has 3 aromatic rings. The molecule has 0 saturated heterocycles.